The first-order valence-electron chi connectivity index (χ1n) is 3.99. The van der Waals surface area contributed by atoms with Crippen LogP contribution in [0, 0.1) is 0 Å². The normalized spacial score (nSPS) is 8.73. The minimum Gasteiger partial charge on any atom is -0.330 e. The van der Waals surface area contributed by atoms with Gasteiger partial charge in [0.05, 0.1) is 0 Å². The summed E-state index contributed by atoms with van der Waals surface area (Å²) in [6.07, 6.45) is 1.10. The zero-order valence-electron chi connectivity index (χ0n) is 8.25. The lowest BCUT2D eigenvalue weighted by Crippen LogP contribution is -1.98. The fraction of sp³-hybridized carbons (Fsp3) is 1.00. The van der Waals surface area contributed by atoms with Crippen molar-refractivity contribution < 1.29 is 8.78 Å². The van der Waals surface area contributed by atoms with Gasteiger partial charge in [0.25, 0.3) is 0 Å². The first-order chi connectivity index (χ1) is 4.91. The fourth-order valence-corrected chi connectivity index (χ4v) is 0. The Bertz CT molecular complexity index is 42.5. The third-order valence-corrected chi connectivity index (χ3v) is 0.289. The summed E-state index contributed by atoms with van der Waals surface area (Å²) in [4.78, 5) is 0. The molecule has 0 saturated heterocycles. The zero-order chi connectivity index (χ0) is 9.91. The van der Waals surface area contributed by atoms with Crippen molar-refractivity contribution in [2.24, 2.45) is 5.73 Å². The molecule has 0 aromatic carbocycles. The molecule has 72 valence electrons. The smallest absolute Gasteiger partial charge is 0.242 e. The van der Waals surface area contributed by atoms with Crippen LogP contribution in [0.5, 0.6) is 0 Å². The molecule has 0 fully saturated rings. The van der Waals surface area contributed by atoms with Gasteiger partial charge in [-0.3, -0.25) is 0 Å². The number of hydrogen-bond donors (Lipinski definition) is 1. The summed E-state index contributed by atoms with van der Waals surface area (Å²) in [6, 6.07) is 0. The largest absolute Gasteiger partial charge is 0.330 e. The molecule has 0 saturated carbocycles. The maximum atomic E-state index is 11.0. The molecular weight excluding hydrogens is 148 g/mol. The van der Waals surface area contributed by atoms with Crippen molar-refractivity contribution in [3.8, 4) is 0 Å². The Kier molecular flexibility index (Phi) is 19.4. The van der Waals surface area contributed by atoms with Gasteiger partial charge in [0.15, 0.2) is 0 Å². The molecule has 0 atom stereocenters. The van der Waals surface area contributed by atoms with Crippen LogP contribution in [0.4, 0.5) is 8.78 Å². The summed E-state index contributed by atoms with van der Waals surface area (Å²) in [5.41, 5.74) is 5.03. The number of alkyl halides is 2. The molecule has 0 radical (unpaired) electrons. The molecular formula is C8H21F2N. The lowest BCUT2D eigenvalue weighted by Gasteiger charge is -1.94. The van der Waals surface area contributed by atoms with E-state index < -0.39 is 5.92 Å². The van der Waals surface area contributed by atoms with Crippen LogP contribution in [0.2, 0.25) is 0 Å². The molecule has 0 aliphatic carbocycles. The van der Waals surface area contributed by atoms with Crippen molar-refractivity contribution >= 4 is 0 Å². The van der Waals surface area contributed by atoms with Gasteiger partial charge in [0.1, 0.15) is 0 Å². The molecule has 11 heavy (non-hydrogen) atoms. The average molecular weight is 169 g/mol. The van der Waals surface area contributed by atoms with E-state index in [2.05, 4.69) is 6.92 Å². The van der Waals surface area contributed by atoms with Crippen LogP contribution in [-0.4, -0.2) is 12.5 Å². The molecule has 0 bridgehead atoms. The van der Waals surface area contributed by atoms with E-state index >= 15 is 0 Å². The Hall–Kier alpha value is -0.180. The molecule has 2 N–H and O–H groups in total. The second-order valence-electron chi connectivity index (χ2n) is 2.12. The Morgan fingerprint density at radius 2 is 1.27 bits per heavy atom. The fourth-order valence-electron chi connectivity index (χ4n) is 0. The van der Waals surface area contributed by atoms with Gasteiger partial charge in [0, 0.05) is 0 Å². The highest BCUT2D eigenvalue weighted by molar-refractivity contribution is 4.40. The predicted octanol–water partition coefficient (Wildman–Crippen LogP) is 3.04. The van der Waals surface area contributed by atoms with Crippen LogP contribution in [0.15, 0.2) is 0 Å². The second-order valence-corrected chi connectivity index (χ2v) is 2.12. The van der Waals surface area contributed by atoms with E-state index in [-0.39, 0.29) is 0 Å². The van der Waals surface area contributed by atoms with Crippen molar-refractivity contribution in [3.05, 3.63) is 0 Å². The lowest BCUT2D eigenvalue weighted by atomic mass is 10.5. The summed E-state index contributed by atoms with van der Waals surface area (Å²) in [6.45, 7) is 8.58. The van der Waals surface area contributed by atoms with Crippen molar-refractivity contribution in [2.75, 3.05) is 6.54 Å². The zero-order valence-corrected chi connectivity index (χ0v) is 8.25. The summed E-state index contributed by atoms with van der Waals surface area (Å²) < 4.78 is 22.0. The van der Waals surface area contributed by atoms with Gasteiger partial charge < -0.3 is 5.73 Å². The maximum Gasteiger partial charge on any atom is 0.242 e. The highest BCUT2D eigenvalue weighted by atomic mass is 19.3. The first kappa shape index (κ1) is 17.1. The summed E-state index contributed by atoms with van der Waals surface area (Å²) >= 11 is 0. The number of rotatable bonds is 1. The number of halogens is 2. The summed E-state index contributed by atoms with van der Waals surface area (Å²) in [5.74, 6) is -2.50. The van der Waals surface area contributed by atoms with Gasteiger partial charge in [0.2, 0.25) is 5.92 Å². The van der Waals surface area contributed by atoms with Crippen molar-refractivity contribution in [2.45, 2.75) is 47.0 Å². The molecule has 0 amide bonds. The minimum absolute atomic E-state index is 0.819. The monoisotopic (exact) mass is 169 g/mol. The number of hydrogen-bond acceptors (Lipinski definition) is 1. The van der Waals surface area contributed by atoms with Gasteiger partial charge in [-0.2, -0.15) is 0 Å². The van der Waals surface area contributed by atoms with Crippen molar-refractivity contribution in [1.29, 1.82) is 0 Å². The average Bonchev–Trinajstić information content (AvgIpc) is 1.89. The summed E-state index contributed by atoms with van der Waals surface area (Å²) in [5, 5.41) is 0. The van der Waals surface area contributed by atoms with Crippen LogP contribution in [0.1, 0.15) is 41.0 Å². The first-order valence-corrected chi connectivity index (χ1v) is 3.99. The minimum atomic E-state index is -2.50. The van der Waals surface area contributed by atoms with E-state index in [1.54, 1.807) is 0 Å². The maximum absolute atomic E-state index is 11.0. The van der Waals surface area contributed by atoms with Crippen LogP contribution >= 0.6 is 0 Å². The molecule has 3 heteroatoms. The molecule has 0 spiro atoms. The molecule has 0 aromatic heterocycles. The third kappa shape index (κ3) is 893. The van der Waals surface area contributed by atoms with Crippen LogP contribution < -0.4 is 5.73 Å². The topological polar surface area (TPSA) is 26.0 Å². The molecule has 0 aliphatic rings. The molecule has 0 unspecified atom stereocenters. The van der Waals surface area contributed by atoms with Gasteiger partial charge in [-0.05, 0) is 26.8 Å². The highest BCUT2D eigenvalue weighted by Crippen LogP contribution is 2.06. The van der Waals surface area contributed by atoms with Crippen LogP contribution in [0.3, 0.4) is 0 Å². The van der Waals surface area contributed by atoms with Gasteiger partial charge in [-0.1, -0.05) is 20.8 Å². The third-order valence-electron chi connectivity index (χ3n) is 0.289. The predicted molar refractivity (Wildman–Crippen MR) is 47.0 cm³/mol. The van der Waals surface area contributed by atoms with E-state index in [0.717, 1.165) is 26.8 Å². The SMILES string of the molecule is CC.CC(C)(F)F.CCCN. The van der Waals surface area contributed by atoms with E-state index in [4.69, 9.17) is 5.73 Å². The van der Waals surface area contributed by atoms with E-state index in [9.17, 15) is 8.78 Å². The molecule has 1 nitrogen and oxygen atoms in total. The van der Waals surface area contributed by atoms with E-state index in [0.29, 0.717) is 0 Å². The quantitative estimate of drug-likeness (QED) is 0.641. The second kappa shape index (κ2) is 12.5. The Labute approximate surface area is 69.0 Å². The van der Waals surface area contributed by atoms with E-state index in [1.807, 2.05) is 13.8 Å². The highest BCUT2D eigenvalue weighted by Gasteiger charge is 2.08. The van der Waals surface area contributed by atoms with Crippen molar-refractivity contribution in [1.82, 2.24) is 0 Å². The molecule has 0 heterocycles. The molecule has 0 aromatic rings. The van der Waals surface area contributed by atoms with E-state index in [1.165, 1.54) is 0 Å². The standard InChI is InChI=1S/C3H6F2.C3H9N.C2H6/c1-3(2,4)5;1-2-3-4;1-2/h1-2H3;2-4H2,1H3;1-2H3. The van der Waals surface area contributed by atoms with Gasteiger partial charge in [-0.15, -0.1) is 0 Å². The Morgan fingerprint density at radius 3 is 1.27 bits per heavy atom. The molecule has 0 aliphatic heterocycles. The van der Waals surface area contributed by atoms with Crippen LogP contribution in [0.25, 0.3) is 0 Å². The van der Waals surface area contributed by atoms with Crippen molar-refractivity contribution in [3.63, 3.8) is 0 Å². The Morgan fingerprint density at radius 1 is 1.18 bits per heavy atom. The summed E-state index contributed by atoms with van der Waals surface area (Å²) in [7, 11) is 0. The lowest BCUT2D eigenvalue weighted by molar-refractivity contribution is 0.0437. The molecule has 0 rings (SSSR count). The van der Waals surface area contributed by atoms with Crippen LogP contribution in [-0.2, 0) is 0 Å². The van der Waals surface area contributed by atoms with Gasteiger partial charge in [-0.25, -0.2) is 8.78 Å². The van der Waals surface area contributed by atoms with Gasteiger partial charge >= 0.3 is 0 Å². The number of nitrogens with two attached hydrogens (primary N) is 1. The Balaban J connectivity index is -0.0000000965.